The summed E-state index contributed by atoms with van der Waals surface area (Å²) in [4.78, 5) is 11.0. The first kappa shape index (κ1) is 12.1. The van der Waals surface area contributed by atoms with Gasteiger partial charge in [0.1, 0.15) is 5.75 Å². The number of nitrogens with one attached hydrogen (secondary N) is 1. The molecule has 0 aliphatic carbocycles. The zero-order valence-corrected chi connectivity index (χ0v) is 9.47. The molecule has 82 valence electrons. The monoisotopic (exact) mass is 248 g/mol. The zero-order valence-electron chi connectivity index (χ0n) is 7.96. The molecule has 0 saturated carbocycles. The molecule has 3 N–H and O–H groups in total. The molecule has 6 heteroatoms. The van der Waals surface area contributed by atoms with Gasteiger partial charge in [-0.3, -0.25) is 10.2 Å². The Labute approximate surface area is 97.3 Å². The van der Waals surface area contributed by atoms with Crippen LogP contribution < -0.4 is 16.0 Å². The smallest absolute Gasteiger partial charge is 0.274 e. The molecule has 0 unspecified atom stereocenters. The molecule has 4 nitrogen and oxygen atoms in total. The summed E-state index contributed by atoms with van der Waals surface area (Å²) >= 11 is 11.5. The molecule has 1 atom stereocenters. The third-order valence-corrected chi connectivity index (χ3v) is 2.45. The van der Waals surface area contributed by atoms with Crippen LogP contribution in [-0.4, -0.2) is 12.0 Å². The number of amides is 1. The molecule has 1 aromatic carbocycles. The number of carbonyl (C=O) groups is 1. The summed E-state index contributed by atoms with van der Waals surface area (Å²) < 4.78 is 5.27. The highest BCUT2D eigenvalue weighted by atomic mass is 35.5. The number of hydrogen-bond acceptors (Lipinski definition) is 3. The van der Waals surface area contributed by atoms with Gasteiger partial charge in [0.2, 0.25) is 0 Å². The van der Waals surface area contributed by atoms with E-state index >= 15 is 0 Å². The second kappa shape index (κ2) is 5.21. The molecule has 0 heterocycles. The van der Waals surface area contributed by atoms with Gasteiger partial charge >= 0.3 is 0 Å². The lowest BCUT2D eigenvalue weighted by molar-refractivity contribution is -0.127. The minimum Gasteiger partial charge on any atom is -0.481 e. The summed E-state index contributed by atoms with van der Waals surface area (Å²) in [7, 11) is 0. The second-order valence-corrected chi connectivity index (χ2v) is 3.66. The van der Waals surface area contributed by atoms with Crippen molar-refractivity contribution in [2.24, 2.45) is 5.84 Å². The lowest BCUT2D eigenvalue weighted by Crippen LogP contribution is -2.40. The fourth-order valence-electron chi connectivity index (χ4n) is 0.925. The van der Waals surface area contributed by atoms with Crippen LogP contribution in [-0.2, 0) is 4.79 Å². The van der Waals surface area contributed by atoms with Crippen LogP contribution in [0.5, 0.6) is 5.75 Å². The van der Waals surface area contributed by atoms with Crippen LogP contribution in [0.1, 0.15) is 6.92 Å². The predicted molar refractivity (Wildman–Crippen MR) is 58.9 cm³/mol. The second-order valence-electron chi connectivity index (χ2n) is 2.84. The van der Waals surface area contributed by atoms with Crippen molar-refractivity contribution in [2.45, 2.75) is 13.0 Å². The van der Waals surface area contributed by atoms with Crippen LogP contribution in [0.15, 0.2) is 18.2 Å². The average molecular weight is 249 g/mol. The van der Waals surface area contributed by atoms with Gasteiger partial charge in [-0.15, -0.1) is 0 Å². The van der Waals surface area contributed by atoms with Crippen molar-refractivity contribution in [3.8, 4) is 5.75 Å². The van der Waals surface area contributed by atoms with Crippen LogP contribution in [0, 0.1) is 0 Å². The van der Waals surface area contributed by atoms with E-state index in [2.05, 4.69) is 0 Å². The van der Waals surface area contributed by atoms with Gasteiger partial charge in [-0.25, -0.2) is 5.84 Å². The molecule has 0 radical (unpaired) electrons. The Balaban J connectivity index is 2.73. The molecule has 0 fully saturated rings. The molecule has 0 aliphatic rings. The molecule has 0 aliphatic heterocycles. The zero-order chi connectivity index (χ0) is 11.4. The molecule has 0 aromatic heterocycles. The highest BCUT2D eigenvalue weighted by Crippen LogP contribution is 2.26. The van der Waals surface area contributed by atoms with Gasteiger partial charge in [-0.2, -0.15) is 0 Å². The summed E-state index contributed by atoms with van der Waals surface area (Å²) in [6.45, 7) is 1.57. The standard InChI is InChI=1S/C9H10Cl2N2O2/c1-5(9(14)13-12)15-6-2-3-7(10)8(11)4-6/h2-5H,12H2,1H3,(H,13,14)/t5-/m0/s1. The molecule has 15 heavy (non-hydrogen) atoms. The van der Waals surface area contributed by atoms with Crippen LogP contribution in [0.3, 0.4) is 0 Å². The lowest BCUT2D eigenvalue weighted by atomic mass is 10.3. The number of halogens is 2. The molecule has 0 bridgehead atoms. The first-order chi connectivity index (χ1) is 7.04. The first-order valence-electron chi connectivity index (χ1n) is 4.16. The van der Waals surface area contributed by atoms with Gasteiger partial charge in [0.05, 0.1) is 10.0 Å². The van der Waals surface area contributed by atoms with Crippen molar-refractivity contribution < 1.29 is 9.53 Å². The van der Waals surface area contributed by atoms with E-state index in [0.29, 0.717) is 15.8 Å². The third kappa shape index (κ3) is 3.27. The Morgan fingerprint density at radius 1 is 1.47 bits per heavy atom. The molecule has 1 aromatic rings. The van der Waals surface area contributed by atoms with Crippen molar-refractivity contribution >= 4 is 29.1 Å². The van der Waals surface area contributed by atoms with Crippen molar-refractivity contribution in [1.82, 2.24) is 5.43 Å². The fraction of sp³-hybridized carbons (Fsp3) is 0.222. The molecule has 1 amide bonds. The van der Waals surface area contributed by atoms with Crippen molar-refractivity contribution in [3.63, 3.8) is 0 Å². The summed E-state index contributed by atoms with van der Waals surface area (Å²) in [5.41, 5.74) is 1.99. The number of rotatable bonds is 3. The highest BCUT2D eigenvalue weighted by Gasteiger charge is 2.13. The van der Waals surface area contributed by atoms with Gasteiger partial charge in [-0.05, 0) is 19.1 Å². The highest BCUT2D eigenvalue weighted by molar-refractivity contribution is 6.42. The Morgan fingerprint density at radius 3 is 2.67 bits per heavy atom. The Hall–Kier alpha value is -0.970. The van der Waals surface area contributed by atoms with Gasteiger partial charge < -0.3 is 4.74 Å². The predicted octanol–water partition coefficient (Wildman–Crippen LogP) is 1.75. The number of benzene rings is 1. The lowest BCUT2D eigenvalue weighted by Gasteiger charge is -2.13. The average Bonchev–Trinajstić information content (AvgIpc) is 2.22. The van der Waals surface area contributed by atoms with Gasteiger partial charge in [0.15, 0.2) is 6.10 Å². The van der Waals surface area contributed by atoms with Crippen LogP contribution in [0.4, 0.5) is 0 Å². The number of carbonyl (C=O) groups excluding carboxylic acids is 1. The maximum Gasteiger partial charge on any atom is 0.274 e. The number of hydrazine groups is 1. The summed E-state index contributed by atoms with van der Waals surface area (Å²) in [5.74, 6) is 5.00. The van der Waals surface area contributed by atoms with E-state index in [1.165, 1.54) is 6.07 Å². The minimum atomic E-state index is -0.688. The van der Waals surface area contributed by atoms with E-state index in [0.717, 1.165) is 0 Å². The van der Waals surface area contributed by atoms with E-state index in [-0.39, 0.29) is 0 Å². The summed E-state index contributed by atoms with van der Waals surface area (Å²) in [6, 6.07) is 4.74. The molecule has 0 saturated heterocycles. The topological polar surface area (TPSA) is 64.3 Å². The van der Waals surface area contributed by atoms with E-state index in [1.807, 2.05) is 5.43 Å². The normalized spacial score (nSPS) is 12.0. The largest absolute Gasteiger partial charge is 0.481 e. The minimum absolute atomic E-state index is 0.370. The van der Waals surface area contributed by atoms with Gasteiger partial charge in [0, 0.05) is 6.07 Å². The SMILES string of the molecule is C[C@H](Oc1ccc(Cl)c(Cl)c1)C(=O)NN. The fourth-order valence-corrected chi connectivity index (χ4v) is 1.21. The molecular formula is C9H10Cl2N2O2. The van der Waals surface area contributed by atoms with Crippen LogP contribution >= 0.6 is 23.2 Å². The van der Waals surface area contributed by atoms with E-state index < -0.39 is 12.0 Å². The number of nitrogens with two attached hydrogens (primary N) is 1. The van der Waals surface area contributed by atoms with Crippen LogP contribution in [0.2, 0.25) is 10.0 Å². The maximum absolute atomic E-state index is 11.0. The molecule has 0 spiro atoms. The van der Waals surface area contributed by atoms with E-state index in [1.54, 1.807) is 19.1 Å². The number of hydrogen-bond donors (Lipinski definition) is 2. The van der Waals surface area contributed by atoms with Crippen molar-refractivity contribution in [1.29, 1.82) is 0 Å². The Morgan fingerprint density at radius 2 is 2.13 bits per heavy atom. The van der Waals surface area contributed by atoms with E-state index in [9.17, 15) is 4.79 Å². The van der Waals surface area contributed by atoms with E-state index in [4.69, 9.17) is 33.8 Å². The van der Waals surface area contributed by atoms with Gasteiger partial charge in [0.25, 0.3) is 5.91 Å². The molecular weight excluding hydrogens is 239 g/mol. The van der Waals surface area contributed by atoms with Crippen molar-refractivity contribution in [2.75, 3.05) is 0 Å². The Kier molecular flexibility index (Phi) is 4.20. The summed E-state index contributed by atoms with van der Waals surface area (Å²) in [6.07, 6.45) is -0.688. The third-order valence-electron chi connectivity index (χ3n) is 1.72. The quantitative estimate of drug-likeness (QED) is 0.487. The molecule has 1 rings (SSSR count). The number of ether oxygens (including phenoxy) is 1. The first-order valence-corrected chi connectivity index (χ1v) is 4.92. The van der Waals surface area contributed by atoms with Crippen LogP contribution in [0.25, 0.3) is 0 Å². The van der Waals surface area contributed by atoms with Crippen molar-refractivity contribution in [3.05, 3.63) is 28.2 Å². The maximum atomic E-state index is 11.0. The Bertz CT molecular complexity index is 371. The van der Waals surface area contributed by atoms with Gasteiger partial charge in [-0.1, -0.05) is 23.2 Å². The summed E-state index contributed by atoms with van der Waals surface area (Å²) in [5, 5.41) is 0.800.